The van der Waals surface area contributed by atoms with Crippen molar-refractivity contribution in [2.24, 2.45) is 0 Å². The average Bonchev–Trinajstić information content (AvgIpc) is 2.29. The molecular weight excluding hydrogens is 355 g/mol. The molecule has 0 aliphatic rings. The minimum atomic E-state index is -0.301. The number of nitrogen functional groups attached to an aromatic ring is 1. The monoisotopic (exact) mass is 363 g/mol. The first-order chi connectivity index (χ1) is 8.06. The molecule has 0 aliphatic heterocycles. The fraction of sp³-hybridized carbons (Fsp3) is 0. The van der Waals surface area contributed by atoms with Crippen molar-refractivity contribution in [1.82, 2.24) is 0 Å². The Bertz CT molecular complexity index is 543. The molecule has 0 fully saturated rings. The SMILES string of the molecule is Nc1cc(I)c(F)cc1Sc1ccc(F)cc1. The second-order valence-corrected chi connectivity index (χ2v) is 5.64. The van der Waals surface area contributed by atoms with Gasteiger partial charge in [-0.15, -0.1) is 0 Å². The number of halogens is 3. The van der Waals surface area contributed by atoms with Crippen LogP contribution in [0.4, 0.5) is 14.5 Å². The number of hydrogen-bond donors (Lipinski definition) is 1. The Labute approximate surface area is 116 Å². The van der Waals surface area contributed by atoms with E-state index >= 15 is 0 Å². The number of hydrogen-bond acceptors (Lipinski definition) is 2. The van der Waals surface area contributed by atoms with Crippen LogP contribution in [0.15, 0.2) is 46.2 Å². The fourth-order valence-electron chi connectivity index (χ4n) is 1.26. The molecular formula is C12H8F2INS. The van der Waals surface area contributed by atoms with Crippen molar-refractivity contribution in [3.8, 4) is 0 Å². The van der Waals surface area contributed by atoms with Crippen LogP contribution in [-0.2, 0) is 0 Å². The van der Waals surface area contributed by atoms with E-state index in [4.69, 9.17) is 5.73 Å². The van der Waals surface area contributed by atoms with E-state index in [1.165, 1.54) is 30.0 Å². The van der Waals surface area contributed by atoms with Crippen molar-refractivity contribution in [2.45, 2.75) is 9.79 Å². The summed E-state index contributed by atoms with van der Waals surface area (Å²) in [5, 5.41) is 0. The molecule has 0 radical (unpaired) electrons. The van der Waals surface area contributed by atoms with E-state index in [0.29, 0.717) is 14.2 Å². The Morgan fingerprint density at radius 3 is 2.35 bits per heavy atom. The molecule has 0 aliphatic carbocycles. The molecule has 0 atom stereocenters. The van der Waals surface area contributed by atoms with Gasteiger partial charge in [0.15, 0.2) is 0 Å². The van der Waals surface area contributed by atoms with Crippen molar-refractivity contribution in [2.75, 3.05) is 5.73 Å². The topological polar surface area (TPSA) is 26.0 Å². The summed E-state index contributed by atoms with van der Waals surface area (Å²) in [7, 11) is 0. The second-order valence-electron chi connectivity index (χ2n) is 3.36. The zero-order chi connectivity index (χ0) is 12.4. The summed E-state index contributed by atoms with van der Waals surface area (Å²) in [5.41, 5.74) is 6.32. The van der Waals surface area contributed by atoms with E-state index in [2.05, 4.69) is 0 Å². The van der Waals surface area contributed by atoms with Crippen molar-refractivity contribution in [1.29, 1.82) is 0 Å². The van der Waals surface area contributed by atoms with E-state index < -0.39 is 0 Å². The van der Waals surface area contributed by atoms with Crippen molar-refractivity contribution in [3.05, 3.63) is 51.6 Å². The van der Waals surface area contributed by atoms with Crippen LogP contribution in [0.1, 0.15) is 0 Å². The lowest BCUT2D eigenvalue weighted by Gasteiger charge is -2.06. The number of rotatable bonds is 2. The molecule has 0 heterocycles. The molecule has 88 valence electrons. The molecule has 0 bridgehead atoms. The lowest BCUT2D eigenvalue weighted by Crippen LogP contribution is -1.92. The van der Waals surface area contributed by atoms with Crippen LogP contribution < -0.4 is 5.73 Å². The van der Waals surface area contributed by atoms with Gasteiger partial charge in [0, 0.05) is 15.5 Å². The molecule has 1 nitrogen and oxygen atoms in total. The summed E-state index contributed by atoms with van der Waals surface area (Å²) in [4.78, 5) is 1.45. The number of anilines is 1. The van der Waals surface area contributed by atoms with Crippen molar-refractivity contribution >= 4 is 40.0 Å². The zero-order valence-corrected chi connectivity index (χ0v) is 11.6. The molecule has 2 aromatic carbocycles. The predicted octanol–water partition coefficient (Wildman–Crippen LogP) is 4.30. The van der Waals surface area contributed by atoms with Gasteiger partial charge in [-0.3, -0.25) is 0 Å². The normalized spacial score (nSPS) is 10.5. The summed E-state index contributed by atoms with van der Waals surface area (Å²) in [6.45, 7) is 0. The van der Waals surface area contributed by atoms with Gasteiger partial charge < -0.3 is 5.73 Å². The first-order valence-electron chi connectivity index (χ1n) is 4.74. The van der Waals surface area contributed by atoms with E-state index in [-0.39, 0.29) is 11.6 Å². The third kappa shape index (κ3) is 3.10. The first kappa shape index (κ1) is 12.6. The number of nitrogens with two attached hydrogens (primary N) is 1. The minimum absolute atomic E-state index is 0.295. The second kappa shape index (κ2) is 5.22. The van der Waals surface area contributed by atoms with Gasteiger partial charge in [-0.1, -0.05) is 11.8 Å². The van der Waals surface area contributed by atoms with Gasteiger partial charge in [-0.05, 0) is 59.0 Å². The quantitative estimate of drug-likeness (QED) is 0.636. The highest BCUT2D eigenvalue weighted by Crippen LogP contribution is 2.33. The van der Waals surface area contributed by atoms with E-state index in [0.717, 1.165) is 4.90 Å². The van der Waals surface area contributed by atoms with Crippen LogP contribution in [0.3, 0.4) is 0 Å². The first-order valence-corrected chi connectivity index (χ1v) is 6.64. The average molecular weight is 363 g/mol. The molecule has 0 aromatic heterocycles. The van der Waals surface area contributed by atoms with Gasteiger partial charge in [0.1, 0.15) is 11.6 Å². The zero-order valence-electron chi connectivity index (χ0n) is 8.58. The van der Waals surface area contributed by atoms with Crippen LogP contribution in [0, 0.1) is 15.2 Å². The van der Waals surface area contributed by atoms with E-state index in [1.807, 2.05) is 22.6 Å². The van der Waals surface area contributed by atoms with E-state index in [1.54, 1.807) is 18.2 Å². The van der Waals surface area contributed by atoms with Crippen LogP contribution >= 0.6 is 34.4 Å². The lowest BCUT2D eigenvalue weighted by atomic mass is 10.3. The van der Waals surface area contributed by atoms with Crippen molar-refractivity contribution in [3.63, 3.8) is 0 Å². The van der Waals surface area contributed by atoms with Gasteiger partial charge in [-0.2, -0.15) is 0 Å². The van der Waals surface area contributed by atoms with E-state index in [9.17, 15) is 8.78 Å². The Morgan fingerprint density at radius 1 is 1.06 bits per heavy atom. The molecule has 0 unspecified atom stereocenters. The summed E-state index contributed by atoms with van der Waals surface area (Å²) < 4.78 is 26.6. The van der Waals surface area contributed by atoms with Gasteiger partial charge >= 0.3 is 0 Å². The Balaban J connectivity index is 2.30. The highest BCUT2D eigenvalue weighted by molar-refractivity contribution is 14.1. The summed E-state index contributed by atoms with van der Waals surface area (Å²) in [6, 6.07) is 8.97. The fourth-order valence-corrected chi connectivity index (χ4v) is 2.62. The predicted molar refractivity (Wildman–Crippen MR) is 74.1 cm³/mol. The molecule has 2 rings (SSSR count). The standard InChI is InChI=1S/C12H8F2INS/c13-7-1-3-8(4-2-7)17-12-5-9(14)10(15)6-11(12)16/h1-6H,16H2. The van der Waals surface area contributed by atoms with Gasteiger partial charge in [0.25, 0.3) is 0 Å². The maximum Gasteiger partial charge on any atom is 0.137 e. The highest BCUT2D eigenvalue weighted by Gasteiger charge is 2.07. The summed E-state index contributed by atoms with van der Waals surface area (Å²) in [5.74, 6) is -0.597. The molecule has 17 heavy (non-hydrogen) atoms. The molecule has 5 heteroatoms. The van der Waals surface area contributed by atoms with Crippen LogP contribution in [0.5, 0.6) is 0 Å². The Morgan fingerprint density at radius 2 is 1.71 bits per heavy atom. The maximum absolute atomic E-state index is 13.4. The lowest BCUT2D eigenvalue weighted by molar-refractivity contribution is 0.617. The third-order valence-electron chi connectivity index (χ3n) is 2.09. The number of benzene rings is 2. The van der Waals surface area contributed by atoms with Gasteiger partial charge in [0.2, 0.25) is 0 Å². The molecule has 2 aromatic rings. The Kier molecular flexibility index (Phi) is 3.88. The molecule has 0 amide bonds. The minimum Gasteiger partial charge on any atom is -0.398 e. The Hall–Kier alpha value is -0.820. The third-order valence-corrected chi connectivity index (χ3v) is 4.00. The highest BCUT2D eigenvalue weighted by atomic mass is 127. The molecule has 0 saturated heterocycles. The smallest absolute Gasteiger partial charge is 0.137 e. The maximum atomic E-state index is 13.4. The van der Waals surface area contributed by atoms with Gasteiger partial charge in [0.05, 0.1) is 3.57 Å². The molecule has 0 saturated carbocycles. The largest absolute Gasteiger partial charge is 0.398 e. The molecule has 0 spiro atoms. The van der Waals surface area contributed by atoms with Crippen LogP contribution in [-0.4, -0.2) is 0 Å². The van der Waals surface area contributed by atoms with Crippen molar-refractivity contribution < 1.29 is 8.78 Å². The summed E-state index contributed by atoms with van der Waals surface area (Å²) >= 11 is 3.20. The van der Waals surface area contributed by atoms with Gasteiger partial charge in [-0.25, -0.2) is 8.78 Å². The van der Waals surface area contributed by atoms with Crippen LogP contribution in [0.2, 0.25) is 0 Å². The summed E-state index contributed by atoms with van der Waals surface area (Å²) in [6.07, 6.45) is 0. The molecule has 2 N–H and O–H groups in total. The van der Waals surface area contributed by atoms with Crippen LogP contribution in [0.25, 0.3) is 0 Å².